The predicted octanol–water partition coefficient (Wildman–Crippen LogP) is 3.31. The molecule has 0 unspecified atom stereocenters. The fourth-order valence-electron chi connectivity index (χ4n) is 1.93. The van der Waals surface area contributed by atoms with E-state index in [0.717, 1.165) is 17.7 Å². The van der Waals surface area contributed by atoms with E-state index < -0.39 is 27.7 Å². The molecule has 0 fully saturated rings. The maximum Gasteiger partial charge on any atom is 0.241 e. The van der Waals surface area contributed by atoms with Crippen LogP contribution in [0.1, 0.15) is 24.1 Å². The van der Waals surface area contributed by atoms with E-state index in [0.29, 0.717) is 0 Å². The van der Waals surface area contributed by atoms with Crippen molar-refractivity contribution in [3.05, 3.63) is 65.2 Å². The molecule has 3 nitrogen and oxygen atoms in total. The summed E-state index contributed by atoms with van der Waals surface area (Å²) >= 11 is 0. The third-order valence-corrected chi connectivity index (χ3v) is 4.65. The van der Waals surface area contributed by atoms with Crippen LogP contribution in [-0.2, 0) is 10.0 Å². The van der Waals surface area contributed by atoms with Gasteiger partial charge in [0.2, 0.25) is 10.0 Å². The molecule has 0 saturated carbocycles. The lowest BCUT2D eigenvalue weighted by molar-refractivity contribution is 0.540. The summed E-state index contributed by atoms with van der Waals surface area (Å²) in [4.78, 5) is 0.0995. The topological polar surface area (TPSA) is 46.2 Å². The summed E-state index contributed by atoms with van der Waals surface area (Å²) in [6, 6.07) is 8.55. The average molecular weight is 311 g/mol. The van der Waals surface area contributed by atoms with Crippen molar-refractivity contribution in [2.45, 2.75) is 24.8 Å². The Morgan fingerprint density at radius 1 is 1.05 bits per heavy atom. The van der Waals surface area contributed by atoms with Gasteiger partial charge < -0.3 is 0 Å². The Morgan fingerprint density at radius 3 is 2.24 bits per heavy atom. The summed E-state index contributed by atoms with van der Waals surface area (Å²) in [5.74, 6) is -1.49. The fourth-order valence-corrected chi connectivity index (χ4v) is 3.16. The van der Waals surface area contributed by atoms with Crippen molar-refractivity contribution in [3.8, 4) is 0 Å². The first-order valence-corrected chi connectivity index (χ1v) is 7.82. The second-order valence-electron chi connectivity index (χ2n) is 4.82. The van der Waals surface area contributed by atoms with E-state index in [9.17, 15) is 17.2 Å². The molecule has 0 aliphatic rings. The fraction of sp³-hybridized carbons (Fsp3) is 0.200. The van der Waals surface area contributed by atoms with Crippen LogP contribution in [0.25, 0.3) is 0 Å². The van der Waals surface area contributed by atoms with E-state index in [2.05, 4.69) is 4.72 Å². The summed E-state index contributed by atoms with van der Waals surface area (Å²) in [5.41, 5.74) is 1.03. The lowest BCUT2D eigenvalue weighted by atomic mass is 10.1. The van der Waals surface area contributed by atoms with Gasteiger partial charge in [0, 0.05) is 17.7 Å². The van der Waals surface area contributed by atoms with Crippen molar-refractivity contribution in [3.63, 3.8) is 0 Å². The van der Waals surface area contributed by atoms with E-state index >= 15 is 0 Å². The van der Waals surface area contributed by atoms with Gasteiger partial charge in [-0.05, 0) is 32.0 Å². The van der Waals surface area contributed by atoms with Gasteiger partial charge in [-0.1, -0.05) is 23.8 Å². The van der Waals surface area contributed by atoms with Gasteiger partial charge in [-0.3, -0.25) is 0 Å². The Morgan fingerprint density at radius 2 is 1.67 bits per heavy atom. The Hall–Kier alpha value is -1.79. The van der Waals surface area contributed by atoms with Gasteiger partial charge in [0.1, 0.15) is 11.6 Å². The molecule has 6 heteroatoms. The summed E-state index contributed by atoms with van der Waals surface area (Å²) in [6.45, 7) is 3.35. The minimum atomic E-state index is -3.76. The van der Waals surface area contributed by atoms with Crippen molar-refractivity contribution in [1.29, 1.82) is 0 Å². The lowest BCUT2D eigenvalue weighted by Crippen LogP contribution is -2.27. The second-order valence-corrected chi connectivity index (χ2v) is 6.54. The Labute approximate surface area is 122 Å². The summed E-state index contributed by atoms with van der Waals surface area (Å²) in [5, 5.41) is 0. The highest BCUT2D eigenvalue weighted by molar-refractivity contribution is 7.89. The molecule has 0 heterocycles. The molecule has 0 radical (unpaired) electrons. The number of nitrogens with one attached hydrogen (secondary N) is 1. The van der Waals surface area contributed by atoms with Gasteiger partial charge in [0.25, 0.3) is 0 Å². The lowest BCUT2D eigenvalue weighted by Gasteiger charge is -2.15. The van der Waals surface area contributed by atoms with Crippen molar-refractivity contribution >= 4 is 10.0 Å². The van der Waals surface area contributed by atoms with Crippen molar-refractivity contribution < 1.29 is 17.2 Å². The summed E-state index contributed by atoms with van der Waals surface area (Å²) in [6.07, 6.45) is 0. The first kappa shape index (κ1) is 15.6. The average Bonchev–Trinajstić information content (AvgIpc) is 2.38. The molecule has 2 aromatic carbocycles. The number of halogens is 2. The third kappa shape index (κ3) is 3.65. The van der Waals surface area contributed by atoms with Gasteiger partial charge in [-0.25, -0.2) is 21.9 Å². The maximum atomic E-state index is 13.7. The first-order chi connectivity index (χ1) is 9.79. The standard InChI is InChI=1S/C15H15F2NO2S/c1-10-3-6-13(7-4-10)21(19,20)18-11(2)14-8-5-12(16)9-15(14)17/h3-9,11,18H,1-2H3/t11-/m1/s1. The van der Waals surface area contributed by atoms with E-state index in [4.69, 9.17) is 0 Å². The van der Waals surface area contributed by atoms with Gasteiger partial charge in [0.15, 0.2) is 0 Å². The Balaban J connectivity index is 2.25. The van der Waals surface area contributed by atoms with Crippen molar-refractivity contribution in [2.75, 3.05) is 0 Å². The molecule has 112 valence electrons. The van der Waals surface area contributed by atoms with Crippen LogP contribution in [0, 0.1) is 18.6 Å². The van der Waals surface area contributed by atoms with Crippen LogP contribution >= 0.6 is 0 Å². The van der Waals surface area contributed by atoms with Gasteiger partial charge in [-0.2, -0.15) is 0 Å². The molecule has 1 N–H and O–H groups in total. The zero-order valence-corrected chi connectivity index (χ0v) is 12.4. The van der Waals surface area contributed by atoms with Crippen molar-refractivity contribution in [1.82, 2.24) is 4.72 Å². The number of sulfonamides is 1. The molecule has 0 aromatic heterocycles. The number of hydrogen-bond acceptors (Lipinski definition) is 2. The normalized spacial score (nSPS) is 13.1. The smallest absolute Gasteiger partial charge is 0.207 e. The molecule has 0 aliphatic heterocycles. The molecule has 0 saturated heterocycles. The molecule has 0 aliphatic carbocycles. The predicted molar refractivity (Wildman–Crippen MR) is 76.3 cm³/mol. The monoisotopic (exact) mass is 311 g/mol. The largest absolute Gasteiger partial charge is 0.241 e. The van der Waals surface area contributed by atoms with E-state index in [-0.39, 0.29) is 10.5 Å². The Kier molecular flexibility index (Phi) is 4.39. The highest BCUT2D eigenvalue weighted by Gasteiger charge is 2.20. The van der Waals surface area contributed by atoms with Crippen LogP contribution in [0.4, 0.5) is 8.78 Å². The van der Waals surface area contributed by atoms with Gasteiger partial charge in [0.05, 0.1) is 4.90 Å². The number of benzene rings is 2. The quantitative estimate of drug-likeness (QED) is 0.941. The Bertz CT molecular complexity index is 743. The maximum absolute atomic E-state index is 13.7. The zero-order chi connectivity index (χ0) is 15.6. The minimum absolute atomic E-state index is 0.0899. The van der Waals surface area contributed by atoms with Crippen LogP contribution in [0.5, 0.6) is 0 Å². The highest BCUT2D eigenvalue weighted by atomic mass is 32.2. The van der Waals surface area contributed by atoms with Gasteiger partial charge >= 0.3 is 0 Å². The van der Waals surface area contributed by atoms with E-state index in [1.54, 1.807) is 12.1 Å². The van der Waals surface area contributed by atoms with Gasteiger partial charge in [-0.15, -0.1) is 0 Å². The summed E-state index contributed by atoms with van der Waals surface area (Å²) in [7, 11) is -3.76. The molecule has 2 rings (SSSR count). The molecular weight excluding hydrogens is 296 g/mol. The molecule has 0 spiro atoms. The molecule has 0 bridgehead atoms. The number of rotatable bonds is 4. The number of hydrogen-bond donors (Lipinski definition) is 1. The van der Waals surface area contributed by atoms with Crippen LogP contribution in [0.15, 0.2) is 47.4 Å². The molecule has 0 amide bonds. The van der Waals surface area contributed by atoms with Crippen LogP contribution in [0.3, 0.4) is 0 Å². The van der Waals surface area contributed by atoms with Crippen molar-refractivity contribution in [2.24, 2.45) is 0 Å². The minimum Gasteiger partial charge on any atom is -0.207 e. The zero-order valence-electron chi connectivity index (χ0n) is 11.6. The van der Waals surface area contributed by atoms with Crippen LogP contribution in [0.2, 0.25) is 0 Å². The van der Waals surface area contributed by atoms with E-state index in [1.807, 2.05) is 6.92 Å². The molecular formula is C15H15F2NO2S. The molecule has 1 atom stereocenters. The second kappa shape index (κ2) is 5.91. The summed E-state index contributed by atoms with van der Waals surface area (Å²) < 4.78 is 53.3. The first-order valence-electron chi connectivity index (χ1n) is 6.33. The van der Waals surface area contributed by atoms with Crippen LogP contribution in [-0.4, -0.2) is 8.42 Å². The van der Waals surface area contributed by atoms with E-state index in [1.165, 1.54) is 25.1 Å². The molecule has 2 aromatic rings. The molecule has 21 heavy (non-hydrogen) atoms. The highest BCUT2D eigenvalue weighted by Crippen LogP contribution is 2.20. The SMILES string of the molecule is Cc1ccc(S(=O)(=O)N[C@H](C)c2ccc(F)cc2F)cc1. The van der Waals surface area contributed by atoms with Crippen LogP contribution < -0.4 is 4.72 Å². The third-order valence-electron chi connectivity index (χ3n) is 3.09. The number of aryl methyl sites for hydroxylation is 1.